The Hall–Kier alpha value is -1.38. The van der Waals surface area contributed by atoms with E-state index in [9.17, 15) is 9.59 Å². The molecule has 0 saturated heterocycles. The zero-order chi connectivity index (χ0) is 9.14. The molecular weight excluding hydrogens is 156 g/mol. The number of methoxy groups -OCH3 is 1. The number of hydrogen-bond acceptors (Lipinski definition) is 3. The third-order valence-electron chi connectivity index (χ3n) is 1.73. The summed E-state index contributed by atoms with van der Waals surface area (Å²) in [7, 11) is 1.45. The summed E-state index contributed by atoms with van der Waals surface area (Å²) in [6.07, 6.45) is 4.60. The molecule has 0 N–H and O–H groups in total. The van der Waals surface area contributed by atoms with Crippen molar-refractivity contribution in [2.24, 2.45) is 5.92 Å². The minimum atomic E-state index is -0.722. The van der Waals surface area contributed by atoms with Gasteiger partial charge in [-0.2, -0.15) is 0 Å². The molecule has 0 aromatic rings. The van der Waals surface area contributed by atoms with Gasteiger partial charge in [-0.05, 0) is 19.1 Å². The molecule has 3 nitrogen and oxygen atoms in total. The molecule has 3 heteroatoms. The second-order valence-corrected chi connectivity index (χ2v) is 2.58. The van der Waals surface area contributed by atoms with E-state index in [-0.39, 0.29) is 11.6 Å². The van der Waals surface area contributed by atoms with E-state index in [2.05, 4.69) is 0 Å². The van der Waals surface area contributed by atoms with E-state index in [1.807, 2.05) is 0 Å². The molecule has 0 saturated carbocycles. The highest BCUT2D eigenvalue weighted by molar-refractivity contribution is 6.09. The number of allylic oxidation sites excluding steroid dienone is 4. The molecule has 0 aliphatic heterocycles. The van der Waals surface area contributed by atoms with Crippen molar-refractivity contribution in [3.63, 3.8) is 0 Å². The molecule has 64 valence electrons. The summed E-state index contributed by atoms with van der Waals surface area (Å²) in [5, 5.41) is 0. The van der Waals surface area contributed by atoms with Gasteiger partial charge in [-0.15, -0.1) is 0 Å². The predicted molar refractivity (Wildman–Crippen MR) is 43.4 cm³/mol. The van der Waals surface area contributed by atoms with Crippen LogP contribution in [-0.4, -0.2) is 18.7 Å². The smallest absolute Gasteiger partial charge is 0.173 e. The Kier molecular flexibility index (Phi) is 2.43. The summed E-state index contributed by atoms with van der Waals surface area (Å²) in [5.74, 6) is -0.686. The van der Waals surface area contributed by atoms with Crippen molar-refractivity contribution in [2.45, 2.75) is 6.92 Å². The molecule has 0 aromatic carbocycles. The Labute approximate surface area is 70.7 Å². The van der Waals surface area contributed by atoms with Crippen molar-refractivity contribution in [2.75, 3.05) is 7.11 Å². The maximum atomic E-state index is 11.2. The normalized spacial score (nSPS) is 22.0. The quantitative estimate of drug-likeness (QED) is 0.571. The van der Waals surface area contributed by atoms with Gasteiger partial charge in [0.05, 0.1) is 7.11 Å². The predicted octanol–water partition coefficient (Wildman–Crippen LogP) is 0.861. The maximum Gasteiger partial charge on any atom is 0.173 e. The second-order valence-electron chi connectivity index (χ2n) is 2.58. The SMILES string of the molecule is COC1=CC=CC(=O)C1C(C)=O. The first kappa shape index (κ1) is 8.71. The van der Waals surface area contributed by atoms with E-state index in [0.717, 1.165) is 0 Å². The Bertz CT molecular complexity index is 273. The van der Waals surface area contributed by atoms with Crippen LogP contribution in [0, 0.1) is 5.92 Å². The Morgan fingerprint density at radius 3 is 2.67 bits per heavy atom. The summed E-state index contributed by atoms with van der Waals surface area (Å²) < 4.78 is 4.90. The molecule has 0 aromatic heterocycles. The summed E-state index contributed by atoms with van der Waals surface area (Å²) in [4.78, 5) is 22.2. The number of carbonyl (C=O) groups excluding carboxylic acids is 2. The standard InChI is InChI=1S/C9H10O3/c1-6(10)9-7(11)4-3-5-8(9)12-2/h3-5,9H,1-2H3. The van der Waals surface area contributed by atoms with E-state index in [0.29, 0.717) is 5.76 Å². The fourth-order valence-corrected chi connectivity index (χ4v) is 1.16. The van der Waals surface area contributed by atoms with Crippen LogP contribution in [0.1, 0.15) is 6.92 Å². The third kappa shape index (κ3) is 1.44. The number of ether oxygens (including phenoxy) is 1. The molecule has 0 amide bonds. The average molecular weight is 166 g/mol. The molecule has 1 rings (SSSR count). The van der Waals surface area contributed by atoms with Gasteiger partial charge in [0.2, 0.25) is 0 Å². The number of carbonyl (C=O) groups is 2. The molecule has 0 spiro atoms. The number of Topliss-reactive ketones (excluding diaryl/α,β-unsaturated/α-hetero) is 1. The second kappa shape index (κ2) is 3.34. The Balaban J connectivity index is 2.96. The van der Waals surface area contributed by atoms with Gasteiger partial charge < -0.3 is 4.74 Å². The zero-order valence-electron chi connectivity index (χ0n) is 7.03. The zero-order valence-corrected chi connectivity index (χ0v) is 7.03. The first-order valence-electron chi connectivity index (χ1n) is 3.63. The van der Waals surface area contributed by atoms with Gasteiger partial charge in [-0.3, -0.25) is 9.59 Å². The molecule has 1 unspecified atom stereocenters. The molecular formula is C9H10O3. The lowest BCUT2D eigenvalue weighted by Crippen LogP contribution is -2.25. The number of rotatable bonds is 2. The van der Waals surface area contributed by atoms with Gasteiger partial charge in [-0.1, -0.05) is 6.08 Å². The Morgan fingerprint density at radius 2 is 2.25 bits per heavy atom. The van der Waals surface area contributed by atoms with Crippen molar-refractivity contribution in [3.05, 3.63) is 24.0 Å². The minimum absolute atomic E-state index is 0.183. The van der Waals surface area contributed by atoms with Crippen molar-refractivity contribution in [1.82, 2.24) is 0 Å². The molecule has 0 heterocycles. The van der Waals surface area contributed by atoms with Crippen molar-refractivity contribution < 1.29 is 14.3 Å². The van der Waals surface area contributed by atoms with E-state index in [1.165, 1.54) is 20.1 Å². The average Bonchev–Trinajstić information content (AvgIpc) is 2.03. The summed E-state index contributed by atoms with van der Waals surface area (Å²) in [5.41, 5.74) is 0. The van der Waals surface area contributed by atoms with Crippen LogP contribution in [-0.2, 0) is 14.3 Å². The fourth-order valence-electron chi connectivity index (χ4n) is 1.16. The molecule has 1 aliphatic rings. The van der Waals surface area contributed by atoms with Crippen molar-refractivity contribution >= 4 is 11.6 Å². The fraction of sp³-hybridized carbons (Fsp3) is 0.333. The summed E-state index contributed by atoms with van der Waals surface area (Å²) >= 11 is 0. The summed E-state index contributed by atoms with van der Waals surface area (Å²) in [6.45, 7) is 1.38. The van der Waals surface area contributed by atoms with Gasteiger partial charge in [-0.25, -0.2) is 0 Å². The Morgan fingerprint density at radius 1 is 1.58 bits per heavy atom. The monoisotopic (exact) mass is 166 g/mol. The molecule has 0 radical (unpaired) electrons. The van der Waals surface area contributed by atoms with Gasteiger partial charge in [0.1, 0.15) is 17.5 Å². The van der Waals surface area contributed by atoms with Crippen LogP contribution < -0.4 is 0 Å². The van der Waals surface area contributed by atoms with Crippen LogP contribution in [0.4, 0.5) is 0 Å². The van der Waals surface area contributed by atoms with Crippen LogP contribution >= 0.6 is 0 Å². The van der Waals surface area contributed by atoms with Crippen LogP contribution in [0.5, 0.6) is 0 Å². The van der Waals surface area contributed by atoms with Crippen molar-refractivity contribution in [1.29, 1.82) is 0 Å². The van der Waals surface area contributed by atoms with Gasteiger partial charge in [0.15, 0.2) is 5.78 Å². The lowest BCUT2D eigenvalue weighted by atomic mass is 9.93. The molecule has 0 fully saturated rings. The molecule has 0 bridgehead atoms. The van der Waals surface area contributed by atoms with Crippen molar-refractivity contribution in [3.8, 4) is 0 Å². The largest absolute Gasteiger partial charge is 0.500 e. The highest BCUT2D eigenvalue weighted by atomic mass is 16.5. The van der Waals surface area contributed by atoms with E-state index < -0.39 is 5.92 Å². The van der Waals surface area contributed by atoms with Gasteiger partial charge >= 0.3 is 0 Å². The third-order valence-corrected chi connectivity index (χ3v) is 1.73. The minimum Gasteiger partial charge on any atom is -0.500 e. The van der Waals surface area contributed by atoms with Crippen LogP contribution in [0.2, 0.25) is 0 Å². The maximum absolute atomic E-state index is 11.2. The van der Waals surface area contributed by atoms with Crippen LogP contribution in [0.25, 0.3) is 0 Å². The number of hydrogen-bond donors (Lipinski definition) is 0. The van der Waals surface area contributed by atoms with Gasteiger partial charge in [0, 0.05) is 0 Å². The molecule has 12 heavy (non-hydrogen) atoms. The highest BCUT2D eigenvalue weighted by Crippen LogP contribution is 2.18. The first-order valence-corrected chi connectivity index (χ1v) is 3.63. The number of ketones is 2. The van der Waals surface area contributed by atoms with Crippen LogP contribution in [0.3, 0.4) is 0 Å². The molecule has 1 atom stereocenters. The lowest BCUT2D eigenvalue weighted by molar-refractivity contribution is -0.128. The topological polar surface area (TPSA) is 43.4 Å². The summed E-state index contributed by atoms with van der Waals surface area (Å²) in [6, 6.07) is 0. The van der Waals surface area contributed by atoms with E-state index >= 15 is 0 Å². The van der Waals surface area contributed by atoms with E-state index in [1.54, 1.807) is 12.2 Å². The molecule has 1 aliphatic carbocycles. The first-order chi connectivity index (χ1) is 5.66. The lowest BCUT2D eigenvalue weighted by Gasteiger charge is -2.15. The van der Waals surface area contributed by atoms with Gasteiger partial charge in [0.25, 0.3) is 0 Å². The highest BCUT2D eigenvalue weighted by Gasteiger charge is 2.27. The van der Waals surface area contributed by atoms with Crippen LogP contribution in [0.15, 0.2) is 24.0 Å². The van der Waals surface area contributed by atoms with E-state index in [4.69, 9.17) is 4.74 Å².